The number of thiazole rings is 1. The summed E-state index contributed by atoms with van der Waals surface area (Å²) in [6.07, 6.45) is 1.72. The molecule has 2 heterocycles. The topological polar surface area (TPSA) is 59.8 Å². The average molecular weight is 285 g/mol. The van der Waals surface area contributed by atoms with Crippen LogP contribution in [0.3, 0.4) is 0 Å². The van der Waals surface area contributed by atoms with Crippen molar-refractivity contribution in [3.8, 4) is 0 Å². The first kappa shape index (κ1) is 13.0. The lowest BCUT2D eigenvalue weighted by atomic mass is 10.4. The van der Waals surface area contributed by atoms with Gasteiger partial charge < -0.3 is 5.32 Å². The van der Waals surface area contributed by atoms with Crippen molar-refractivity contribution in [3.63, 3.8) is 0 Å². The Balaban J connectivity index is 2.05. The van der Waals surface area contributed by atoms with E-state index in [1.807, 2.05) is 20.8 Å². The van der Waals surface area contributed by atoms with Crippen LogP contribution in [0.5, 0.6) is 0 Å². The first-order chi connectivity index (χ1) is 8.47. The molecule has 0 unspecified atom stereocenters. The van der Waals surface area contributed by atoms with Crippen LogP contribution < -0.4 is 5.32 Å². The third-order valence-electron chi connectivity index (χ3n) is 2.45. The Morgan fingerprint density at radius 1 is 1.50 bits per heavy atom. The Hall–Kier alpha value is -1.40. The van der Waals surface area contributed by atoms with Gasteiger partial charge >= 0.3 is 0 Å². The third kappa shape index (κ3) is 2.70. The Morgan fingerprint density at radius 3 is 2.72 bits per heavy atom. The van der Waals surface area contributed by atoms with Crippen molar-refractivity contribution in [3.05, 3.63) is 27.5 Å². The zero-order valence-electron chi connectivity index (χ0n) is 10.3. The molecular weight excluding hydrogens is 272 g/mol. The lowest BCUT2D eigenvalue weighted by Gasteiger charge is -2.04. The van der Waals surface area contributed by atoms with Gasteiger partial charge in [-0.15, -0.1) is 11.3 Å². The van der Waals surface area contributed by atoms with Gasteiger partial charge in [-0.25, -0.2) is 4.98 Å². The van der Waals surface area contributed by atoms with E-state index in [1.54, 1.807) is 10.9 Å². The summed E-state index contributed by atoms with van der Waals surface area (Å²) in [5.74, 6) is -0.161. The van der Waals surface area contributed by atoms with Gasteiger partial charge in [0.05, 0.1) is 16.4 Å². The molecule has 0 bridgehead atoms. The smallest absolute Gasteiger partial charge is 0.247 e. The summed E-state index contributed by atoms with van der Waals surface area (Å²) < 4.78 is 1.59. The van der Waals surface area contributed by atoms with Gasteiger partial charge in [-0.1, -0.05) is 11.6 Å². The fourth-order valence-electron chi connectivity index (χ4n) is 1.54. The van der Waals surface area contributed by atoms with Crippen LogP contribution >= 0.6 is 22.9 Å². The molecule has 96 valence electrons. The van der Waals surface area contributed by atoms with E-state index in [4.69, 9.17) is 11.6 Å². The maximum Gasteiger partial charge on any atom is 0.247 e. The molecule has 0 aliphatic carbocycles. The maximum absolute atomic E-state index is 11.8. The highest BCUT2D eigenvalue weighted by atomic mass is 35.5. The number of anilines is 1. The number of nitrogens with zero attached hydrogens (tertiary/aromatic N) is 3. The van der Waals surface area contributed by atoms with Crippen molar-refractivity contribution in [1.82, 2.24) is 14.8 Å². The molecule has 0 saturated heterocycles. The van der Waals surface area contributed by atoms with Crippen LogP contribution in [0, 0.1) is 20.8 Å². The second-order valence-corrected chi connectivity index (χ2v) is 5.58. The number of carbonyl (C=O) groups is 1. The van der Waals surface area contributed by atoms with Crippen LogP contribution in [0.1, 0.15) is 16.3 Å². The number of hydrogen-bond donors (Lipinski definition) is 1. The molecular formula is C11H13ClN4OS. The molecule has 2 aromatic rings. The highest BCUT2D eigenvalue weighted by Crippen LogP contribution is 2.19. The number of aryl methyl sites for hydroxylation is 2. The monoisotopic (exact) mass is 284 g/mol. The maximum atomic E-state index is 11.8. The minimum Gasteiger partial charge on any atom is -0.300 e. The first-order valence-electron chi connectivity index (χ1n) is 5.39. The summed E-state index contributed by atoms with van der Waals surface area (Å²) >= 11 is 7.46. The van der Waals surface area contributed by atoms with Crippen LogP contribution in [0.15, 0.2) is 6.20 Å². The molecule has 0 aliphatic rings. The summed E-state index contributed by atoms with van der Waals surface area (Å²) in [6, 6.07) is 0. The minimum atomic E-state index is -0.161. The zero-order valence-corrected chi connectivity index (χ0v) is 11.9. The van der Waals surface area contributed by atoms with Gasteiger partial charge in [-0.05, 0) is 20.8 Å². The number of amides is 1. The summed E-state index contributed by atoms with van der Waals surface area (Å²) in [5, 5.41) is 8.14. The predicted molar refractivity (Wildman–Crippen MR) is 72.2 cm³/mol. The van der Waals surface area contributed by atoms with Gasteiger partial charge in [0.15, 0.2) is 5.13 Å². The zero-order chi connectivity index (χ0) is 13.3. The number of halogens is 1. The van der Waals surface area contributed by atoms with Crippen molar-refractivity contribution in [2.75, 3.05) is 5.32 Å². The van der Waals surface area contributed by atoms with E-state index in [-0.39, 0.29) is 12.5 Å². The normalized spacial score (nSPS) is 10.7. The Kier molecular flexibility index (Phi) is 3.68. The number of hydrogen-bond acceptors (Lipinski definition) is 4. The SMILES string of the molecule is Cc1cnc(NC(=O)Cn2nc(C)c(Cl)c2C)s1. The Labute approximate surface area is 114 Å². The number of rotatable bonds is 3. The van der Waals surface area contributed by atoms with Crippen molar-refractivity contribution >= 4 is 34.0 Å². The standard InChI is InChI=1S/C11H13ClN4OS/c1-6-4-13-11(18-6)14-9(17)5-16-8(3)10(12)7(2)15-16/h4H,5H2,1-3H3,(H,13,14,17). The molecule has 5 nitrogen and oxygen atoms in total. The van der Waals surface area contributed by atoms with Crippen LogP contribution in [0.2, 0.25) is 5.02 Å². The molecule has 1 N–H and O–H groups in total. The fourth-order valence-corrected chi connectivity index (χ4v) is 2.35. The molecule has 2 rings (SSSR count). The van der Waals surface area contributed by atoms with Crippen LogP contribution in [0.4, 0.5) is 5.13 Å². The number of carbonyl (C=O) groups excluding carboxylic acids is 1. The summed E-state index contributed by atoms with van der Waals surface area (Å²) in [7, 11) is 0. The quantitative estimate of drug-likeness (QED) is 0.942. The van der Waals surface area contributed by atoms with Gasteiger partial charge in [0.2, 0.25) is 5.91 Å². The van der Waals surface area contributed by atoms with Gasteiger partial charge in [-0.3, -0.25) is 9.48 Å². The van der Waals surface area contributed by atoms with Crippen LogP contribution in [-0.4, -0.2) is 20.7 Å². The van der Waals surface area contributed by atoms with Crippen molar-refractivity contribution in [2.24, 2.45) is 0 Å². The van der Waals surface area contributed by atoms with Crippen LogP contribution in [0.25, 0.3) is 0 Å². The molecule has 1 amide bonds. The van der Waals surface area contributed by atoms with Gasteiger partial charge in [0, 0.05) is 11.1 Å². The molecule has 0 radical (unpaired) electrons. The fraction of sp³-hybridized carbons (Fsp3) is 0.364. The first-order valence-corrected chi connectivity index (χ1v) is 6.58. The largest absolute Gasteiger partial charge is 0.300 e. The highest BCUT2D eigenvalue weighted by molar-refractivity contribution is 7.15. The van der Waals surface area contributed by atoms with Gasteiger partial charge in [0.1, 0.15) is 6.54 Å². The van der Waals surface area contributed by atoms with Crippen molar-refractivity contribution in [2.45, 2.75) is 27.3 Å². The molecule has 0 aromatic carbocycles. The lowest BCUT2D eigenvalue weighted by Crippen LogP contribution is -2.20. The van der Waals surface area contributed by atoms with Crippen molar-refractivity contribution < 1.29 is 4.79 Å². The molecule has 0 fully saturated rings. The van der Waals surface area contributed by atoms with E-state index in [9.17, 15) is 4.79 Å². The molecule has 2 aromatic heterocycles. The van der Waals surface area contributed by atoms with E-state index < -0.39 is 0 Å². The molecule has 18 heavy (non-hydrogen) atoms. The number of aromatic nitrogens is 3. The number of nitrogens with one attached hydrogen (secondary N) is 1. The predicted octanol–water partition coefficient (Wildman–Crippen LogP) is 2.56. The molecule has 0 spiro atoms. The van der Waals surface area contributed by atoms with E-state index in [1.165, 1.54) is 11.3 Å². The van der Waals surface area contributed by atoms with E-state index in [2.05, 4.69) is 15.4 Å². The molecule has 0 aliphatic heterocycles. The summed E-state index contributed by atoms with van der Waals surface area (Å²) in [4.78, 5) is 16.9. The summed E-state index contributed by atoms with van der Waals surface area (Å²) in [6.45, 7) is 5.73. The van der Waals surface area contributed by atoms with E-state index in [0.29, 0.717) is 10.2 Å². The van der Waals surface area contributed by atoms with Gasteiger partial charge in [0.25, 0.3) is 0 Å². The van der Waals surface area contributed by atoms with E-state index in [0.717, 1.165) is 16.3 Å². The van der Waals surface area contributed by atoms with Gasteiger partial charge in [-0.2, -0.15) is 5.10 Å². The lowest BCUT2D eigenvalue weighted by molar-refractivity contribution is -0.116. The average Bonchev–Trinajstić information content (AvgIpc) is 2.80. The second-order valence-electron chi connectivity index (χ2n) is 3.97. The third-order valence-corrected chi connectivity index (χ3v) is 3.83. The highest BCUT2D eigenvalue weighted by Gasteiger charge is 2.12. The minimum absolute atomic E-state index is 0.137. The Bertz CT molecular complexity index is 590. The molecule has 0 saturated carbocycles. The van der Waals surface area contributed by atoms with E-state index >= 15 is 0 Å². The van der Waals surface area contributed by atoms with Crippen molar-refractivity contribution in [1.29, 1.82) is 0 Å². The molecule has 0 atom stereocenters. The Morgan fingerprint density at radius 2 is 2.22 bits per heavy atom. The second kappa shape index (κ2) is 5.07. The van der Waals surface area contributed by atoms with Crippen LogP contribution in [-0.2, 0) is 11.3 Å². The molecule has 7 heteroatoms. The summed E-state index contributed by atoms with van der Waals surface area (Å²) in [5.41, 5.74) is 1.52.